The maximum atomic E-state index is 12.6. The average molecular weight is 458 g/mol. The van der Waals surface area contributed by atoms with Crippen molar-refractivity contribution in [1.82, 2.24) is 9.88 Å². The Labute approximate surface area is 203 Å². The van der Waals surface area contributed by atoms with Crippen LogP contribution in [0.2, 0.25) is 0 Å². The van der Waals surface area contributed by atoms with Gasteiger partial charge in [0.2, 0.25) is 11.8 Å². The first kappa shape index (κ1) is 25.2. The molecule has 0 atom stereocenters. The lowest BCUT2D eigenvalue weighted by atomic mass is 9.86. The highest BCUT2D eigenvalue weighted by Crippen LogP contribution is 2.35. The van der Waals surface area contributed by atoms with Crippen LogP contribution in [0.4, 0.5) is 5.69 Å². The van der Waals surface area contributed by atoms with Gasteiger partial charge in [-0.1, -0.05) is 77.1 Å². The molecular weight excluding hydrogens is 422 g/mol. The number of carbonyl (C=O) groups excluding carboxylic acids is 1. The van der Waals surface area contributed by atoms with Gasteiger partial charge in [-0.2, -0.15) is 0 Å². The monoisotopic (exact) mass is 457 g/mol. The molecule has 1 amide bonds. The van der Waals surface area contributed by atoms with Crippen molar-refractivity contribution in [3.05, 3.63) is 89.6 Å². The summed E-state index contributed by atoms with van der Waals surface area (Å²) in [4.78, 5) is 19.3. The first-order valence-corrected chi connectivity index (χ1v) is 11.8. The number of benzene rings is 2. The lowest BCUT2D eigenvalue weighted by Crippen LogP contribution is -2.21. The zero-order valence-corrected chi connectivity index (χ0v) is 20.8. The number of rotatable bonds is 9. The molecule has 0 saturated heterocycles. The van der Waals surface area contributed by atoms with E-state index < -0.39 is 0 Å². The maximum absolute atomic E-state index is 12.6. The van der Waals surface area contributed by atoms with Gasteiger partial charge in [-0.25, -0.2) is 4.98 Å². The Morgan fingerprint density at radius 2 is 1.71 bits per heavy atom. The fraction of sp³-hybridized carbons (Fsp3) is 0.310. The molecule has 1 N–H and O–H groups in total. The molecule has 0 aliphatic heterocycles. The van der Waals surface area contributed by atoms with Gasteiger partial charge in [-0.05, 0) is 53.9 Å². The summed E-state index contributed by atoms with van der Waals surface area (Å²) in [6.07, 6.45) is 4.99. The van der Waals surface area contributed by atoms with Crippen molar-refractivity contribution in [3.8, 4) is 11.6 Å². The van der Waals surface area contributed by atoms with E-state index in [1.54, 1.807) is 18.3 Å². The third kappa shape index (κ3) is 7.03. The second kappa shape index (κ2) is 11.6. The number of hydrogen-bond donors (Lipinski definition) is 1. The molecule has 3 rings (SSSR count). The summed E-state index contributed by atoms with van der Waals surface area (Å²) in [7, 11) is 0. The minimum Gasteiger partial charge on any atom is -0.437 e. The van der Waals surface area contributed by atoms with E-state index in [2.05, 4.69) is 62.0 Å². The second-order valence-corrected chi connectivity index (χ2v) is 9.23. The van der Waals surface area contributed by atoms with Crippen LogP contribution in [-0.2, 0) is 16.8 Å². The number of nitrogens with one attached hydrogen (secondary N) is 1. The number of ether oxygens (including phenoxy) is 1. The number of aromatic nitrogens is 1. The van der Waals surface area contributed by atoms with Gasteiger partial charge in [0.05, 0.1) is 0 Å². The Kier molecular flexibility index (Phi) is 8.61. The fourth-order valence-corrected chi connectivity index (χ4v) is 3.63. The second-order valence-electron chi connectivity index (χ2n) is 9.23. The summed E-state index contributed by atoms with van der Waals surface area (Å²) >= 11 is 0. The van der Waals surface area contributed by atoms with Crippen molar-refractivity contribution in [2.75, 3.05) is 18.4 Å². The van der Waals surface area contributed by atoms with Crippen molar-refractivity contribution in [2.45, 2.75) is 46.6 Å². The Morgan fingerprint density at radius 3 is 2.38 bits per heavy atom. The van der Waals surface area contributed by atoms with Crippen molar-refractivity contribution < 1.29 is 9.53 Å². The summed E-state index contributed by atoms with van der Waals surface area (Å²) in [6, 6.07) is 19.7. The highest BCUT2D eigenvalue weighted by molar-refractivity contribution is 6.02. The van der Waals surface area contributed by atoms with E-state index in [4.69, 9.17) is 4.74 Å². The van der Waals surface area contributed by atoms with Crippen LogP contribution >= 0.6 is 0 Å². The lowest BCUT2D eigenvalue weighted by molar-refractivity contribution is -0.111. The molecule has 1 heterocycles. The molecule has 0 radical (unpaired) electrons. The minimum atomic E-state index is -0.242. The van der Waals surface area contributed by atoms with Crippen LogP contribution in [0.25, 0.3) is 6.08 Å². The highest BCUT2D eigenvalue weighted by atomic mass is 16.5. The molecule has 0 aliphatic carbocycles. The Hall–Kier alpha value is -3.44. The summed E-state index contributed by atoms with van der Waals surface area (Å²) in [5, 5.41) is 2.89. The predicted octanol–water partition coefficient (Wildman–Crippen LogP) is 6.67. The smallest absolute Gasteiger partial charge is 0.248 e. The molecule has 5 nitrogen and oxygen atoms in total. The average Bonchev–Trinajstić information content (AvgIpc) is 2.83. The van der Waals surface area contributed by atoms with Crippen molar-refractivity contribution in [3.63, 3.8) is 0 Å². The van der Waals surface area contributed by atoms with Gasteiger partial charge in [-0.15, -0.1) is 0 Å². The van der Waals surface area contributed by atoms with E-state index in [0.717, 1.165) is 36.5 Å². The number of anilines is 1. The zero-order valence-electron chi connectivity index (χ0n) is 20.8. The number of pyridine rings is 1. The molecule has 0 fully saturated rings. The molecule has 3 aromatic rings. The Morgan fingerprint density at radius 1 is 1.00 bits per heavy atom. The number of para-hydroxylation sites is 1. The van der Waals surface area contributed by atoms with Crippen LogP contribution in [0.1, 0.15) is 51.3 Å². The van der Waals surface area contributed by atoms with E-state index in [9.17, 15) is 4.79 Å². The zero-order chi connectivity index (χ0) is 24.6. The molecule has 178 valence electrons. The number of hydrogen-bond acceptors (Lipinski definition) is 4. The van der Waals surface area contributed by atoms with Crippen LogP contribution in [0.5, 0.6) is 11.6 Å². The molecule has 1 aromatic heterocycles. The van der Waals surface area contributed by atoms with Crippen LogP contribution in [0, 0.1) is 0 Å². The summed E-state index contributed by atoms with van der Waals surface area (Å²) in [5.74, 6) is 0.848. The van der Waals surface area contributed by atoms with Gasteiger partial charge in [0.25, 0.3) is 0 Å². The standard InChI is InChI=1S/C29H35N3O2/c1-6-32(7-2)21-23-16-14-22(15-17-23)18-19-27(33)31-25-12-10-20-30-28(25)34-26-13-9-8-11-24(26)29(3,4)5/h8-20H,6-7,21H2,1-5H3,(H,31,33)/b19-18+. The molecular formula is C29H35N3O2. The van der Waals surface area contributed by atoms with Crippen LogP contribution in [0.15, 0.2) is 72.9 Å². The quantitative estimate of drug-likeness (QED) is 0.365. The molecule has 0 aliphatic rings. The van der Waals surface area contributed by atoms with Gasteiger partial charge >= 0.3 is 0 Å². The van der Waals surface area contributed by atoms with Gasteiger partial charge in [0.15, 0.2) is 0 Å². The third-order valence-electron chi connectivity index (χ3n) is 5.64. The number of amides is 1. The van der Waals surface area contributed by atoms with Gasteiger partial charge < -0.3 is 10.1 Å². The van der Waals surface area contributed by atoms with Crippen molar-refractivity contribution >= 4 is 17.7 Å². The van der Waals surface area contributed by atoms with E-state index >= 15 is 0 Å². The summed E-state index contributed by atoms with van der Waals surface area (Å²) in [5.41, 5.74) is 3.74. The predicted molar refractivity (Wildman–Crippen MR) is 140 cm³/mol. The van der Waals surface area contributed by atoms with Crippen molar-refractivity contribution in [1.29, 1.82) is 0 Å². The maximum Gasteiger partial charge on any atom is 0.248 e. The van der Waals surface area contributed by atoms with Gasteiger partial charge in [0, 0.05) is 24.4 Å². The minimum absolute atomic E-state index is 0.0849. The topological polar surface area (TPSA) is 54.5 Å². The molecule has 2 aromatic carbocycles. The Bertz CT molecular complexity index is 1110. The SMILES string of the molecule is CCN(CC)Cc1ccc(/C=C/C(=O)Nc2cccnc2Oc2ccccc2C(C)(C)C)cc1. The number of nitrogens with zero attached hydrogens (tertiary/aromatic N) is 2. The highest BCUT2D eigenvalue weighted by Gasteiger charge is 2.20. The van der Waals surface area contributed by atoms with Crippen LogP contribution < -0.4 is 10.1 Å². The Balaban J connectivity index is 1.68. The molecule has 0 spiro atoms. The fourth-order valence-electron chi connectivity index (χ4n) is 3.63. The molecule has 0 bridgehead atoms. The largest absolute Gasteiger partial charge is 0.437 e. The third-order valence-corrected chi connectivity index (χ3v) is 5.64. The molecule has 34 heavy (non-hydrogen) atoms. The van der Waals surface area contributed by atoms with Crippen LogP contribution in [0.3, 0.4) is 0 Å². The van der Waals surface area contributed by atoms with Gasteiger partial charge in [0.1, 0.15) is 11.4 Å². The lowest BCUT2D eigenvalue weighted by Gasteiger charge is -2.22. The van der Waals surface area contributed by atoms with Crippen LogP contribution in [-0.4, -0.2) is 28.9 Å². The first-order valence-electron chi connectivity index (χ1n) is 11.8. The summed E-state index contributed by atoms with van der Waals surface area (Å²) < 4.78 is 6.14. The van der Waals surface area contributed by atoms with Crippen molar-refractivity contribution in [2.24, 2.45) is 0 Å². The van der Waals surface area contributed by atoms with E-state index in [-0.39, 0.29) is 11.3 Å². The number of carbonyl (C=O) groups is 1. The molecule has 0 unspecified atom stereocenters. The van der Waals surface area contributed by atoms with Gasteiger partial charge in [-0.3, -0.25) is 9.69 Å². The first-order chi connectivity index (χ1) is 16.3. The normalized spacial score (nSPS) is 11.7. The van der Waals surface area contributed by atoms with E-state index in [0.29, 0.717) is 11.6 Å². The van der Waals surface area contributed by atoms with E-state index in [1.165, 1.54) is 11.6 Å². The summed E-state index contributed by atoms with van der Waals surface area (Å²) in [6.45, 7) is 13.7. The molecule has 5 heteroatoms. The van der Waals surface area contributed by atoms with E-state index in [1.807, 2.05) is 42.5 Å². The molecule has 0 saturated carbocycles.